The Bertz CT molecular complexity index is 1670. The van der Waals surface area contributed by atoms with E-state index in [1.54, 1.807) is 27.9 Å². The lowest BCUT2D eigenvalue weighted by atomic mass is 10.1. The van der Waals surface area contributed by atoms with E-state index in [0.717, 1.165) is 5.52 Å². The number of piperazine rings is 1. The molecule has 218 valence electrons. The van der Waals surface area contributed by atoms with Gasteiger partial charge in [-0.1, -0.05) is 17.7 Å². The van der Waals surface area contributed by atoms with Crippen molar-refractivity contribution in [3.8, 4) is 17.0 Å². The van der Waals surface area contributed by atoms with Crippen molar-refractivity contribution in [3.05, 3.63) is 64.1 Å². The number of ether oxygens (including phenoxy) is 1. The van der Waals surface area contributed by atoms with Gasteiger partial charge in [0.1, 0.15) is 17.5 Å². The van der Waals surface area contributed by atoms with Gasteiger partial charge in [-0.2, -0.15) is 5.10 Å². The number of rotatable bonds is 8. The quantitative estimate of drug-likeness (QED) is 0.200. The van der Waals surface area contributed by atoms with Crippen LogP contribution in [0.15, 0.2) is 48.9 Å². The summed E-state index contributed by atoms with van der Waals surface area (Å²) >= 11 is 6.43. The first kappa shape index (κ1) is 28.4. The molecule has 1 aliphatic rings. The Hall–Kier alpha value is -5.18. The van der Waals surface area contributed by atoms with Crippen LogP contribution in [0.1, 0.15) is 6.92 Å². The van der Waals surface area contributed by atoms with Gasteiger partial charge in [0.2, 0.25) is 11.9 Å². The lowest BCUT2D eigenvalue weighted by Crippen LogP contribution is -2.54. The summed E-state index contributed by atoms with van der Waals surface area (Å²) in [7, 11) is 1.44. The number of fused-ring (bicyclic) bond motifs is 1. The topological polar surface area (TPSA) is 180 Å². The van der Waals surface area contributed by atoms with Gasteiger partial charge in [0.05, 0.1) is 46.3 Å². The Balaban J connectivity index is 1.40. The third-order valence-corrected chi connectivity index (χ3v) is 7.08. The minimum absolute atomic E-state index is 0.140. The molecule has 3 aromatic heterocycles. The van der Waals surface area contributed by atoms with Gasteiger partial charge in [0, 0.05) is 50.1 Å². The smallest absolute Gasteiger partial charge is 0.405 e. The molecule has 1 saturated heterocycles. The molecule has 0 radical (unpaired) electrons. The second-order valence-corrected chi connectivity index (χ2v) is 9.79. The lowest BCUT2D eigenvalue weighted by Gasteiger charge is -2.37. The van der Waals surface area contributed by atoms with Crippen LogP contribution in [0.5, 0.6) is 5.75 Å². The molecule has 0 aliphatic carbocycles. The van der Waals surface area contributed by atoms with Crippen molar-refractivity contribution in [2.75, 3.05) is 43.5 Å². The van der Waals surface area contributed by atoms with E-state index in [-0.39, 0.29) is 36.3 Å². The summed E-state index contributed by atoms with van der Waals surface area (Å²) in [6.07, 6.45) is 3.58. The monoisotopic (exact) mass is 595 g/mol. The van der Waals surface area contributed by atoms with E-state index in [0.29, 0.717) is 40.8 Å². The minimum Gasteiger partial charge on any atom is -0.494 e. The van der Waals surface area contributed by atoms with Crippen LogP contribution >= 0.6 is 11.6 Å². The van der Waals surface area contributed by atoms with Gasteiger partial charge in [-0.15, -0.1) is 0 Å². The molecule has 4 heterocycles. The van der Waals surface area contributed by atoms with Crippen LogP contribution in [-0.4, -0.2) is 85.8 Å². The molecule has 1 aliphatic heterocycles. The number of anilines is 3. The number of nitrogens with zero attached hydrogens (tertiary/aromatic N) is 7. The number of pyridine rings is 1. The van der Waals surface area contributed by atoms with Crippen molar-refractivity contribution in [2.45, 2.75) is 13.0 Å². The molecule has 1 atom stereocenters. The first-order valence-corrected chi connectivity index (χ1v) is 13.2. The summed E-state index contributed by atoms with van der Waals surface area (Å²) < 4.78 is 7.25. The third kappa shape index (κ3) is 5.67. The molecular weight excluding hydrogens is 570 g/mol. The molecule has 1 aromatic carbocycles. The fraction of sp³-hybridized carbons (Fsp3) is 0.269. The molecule has 16 heteroatoms. The van der Waals surface area contributed by atoms with Crippen molar-refractivity contribution in [3.63, 3.8) is 0 Å². The van der Waals surface area contributed by atoms with Gasteiger partial charge in [-0.05, 0) is 19.1 Å². The van der Waals surface area contributed by atoms with E-state index in [4.69, 9.17) is 21.4 Å². The molecule has 4 aromatic rings. The zero-order valence-corrected chi connectivity index (χ0v) is 23.3. The fourth-order valence-corrected chi connectivity index (χ4v) is 4.96. The third-order valence-electron chi connectivity index (χ3n) is 6.81. The summed E-state index contributed by atoms with van der Waals surface area (Å²) in [5.41, 5.74) is 2.30. The molecule has 5 rings (SSSR count). The molecular formula is C26H26ClN9O6. The summed E-state index contributed by atoms with van der Waals surface area (Å²) in [5, 5.41) is 30.8. The van der Waals surface area contributed by atoms with Gasteiger partial charge in [-0.3, -0.25) is 14.9 Å². The van der Waals surface area contributed by atoms with Crippen LogP contribution in [0.2, 0.25) is 5.02 Å². The zero-order valence-electron chi connectivity index (χ0n) is 22.5. The first-order chi connectivity index (χ1) is 20.2. The zero-order chi connectivity index (χ0) is 30.0. The maximum Gasteiger partial charge on any atom is 0.405 e. The van der Waals surface area contributed by atoms with E-state index in [2.05, 4.69) is 25.7 Å². The van der Waals surface area contributed by atoms with Crippen molar-refractivity contribution in [2.24, 2.45) is 0 Å². The number of nitro benzene ring substituents is 1. The molecule has 2 amide bonds. The van der Waals surface area contributed by atoms with Gasteiger partial charge in [0.25, 0.3) is 5.69 Å². The van der Waals surface area contributed by atoms with Crippen molar-refractivity contribution >= 4 is 52.1 Å². The predicted octanol–water partition coefficient (Wildman–Crippen LogP) is 3.41. The van der Waals surface area contributed by atoms with Crippen LogP contribution < -0.4 is 20.3 Å². The standard InChI is InChI=1S/C26H26ClN9O6/c1-15(30-26(38)39)24(37)34-9-7-33(8-10-34)20-12-22(42-2)18(11-21(20)36(40)41)31-25-28-14-17(27)23(32-25)16-13-29-35-6-4-3-5-19(16)35/h3-6,11-15,30H,7-10H2,1-2H3,(H,38,39)(H,28,31,32). The average Bonchev–Trinajstić information content (AvgIpc) is 3.41. The number of benzene rings is 1. The highest BCUT2D eigenvalue weighted by atomic mass is 35.5. The van der Waals surface area contributed by atoms with E-state index < -0.39 is 17.1 Å². The summed E-state index contributed by atoms with van der Waals surface area (Å²) in [5.74, 6) is 0.0841. The van der Waals surface area contributed by atoms with E-state index in [9.17, 15) is 19.7 Å². The van der Waals surface area contributed by atoms with Crippen molar-refractivity contribution in [1.29, 1.82) is 0 Å². The molecule has 3 N–H and O–H groups in total. The maximum absolute atomic E-state index is 12.6. The van der Waals surface area contributed by atoms with Crippen LogP contribution in [0, 0.1) is 10.1 Å². The molecule has 15 nitrogen and oxygen atoms in total. The number of carboxylic acid groups (broad SMARTS) is 1. The summed E-state index contributed by atoms with van der Waals surface area (Å²) in [6, 6.07) is 7.59. The first-order valence-electron chi connectivity index (χ1n) is 12.8. The van der Waals surface area contributed by atoms with Crippen LogP contribution in [0.3, 0.4) is 0 Å². The molecule has 0 spiro atoms. The Morgan fingerprint density at radius 2 is 1.95 bits per heavy atom. The minimum atomic E-state index is -1.29. The second kappa shape index (κ2) is 11.7. The number of aromatic nitrogens is 4. The Morgan fingerprint density at radius 3 is 2.64 bits per heavy atom. The van der Waals surface area contributed by atoms with E-state index in [1.807, 2.05) is 18.2 Å². The Kier molecular flexibility index (Phi) is 7.93. The van der Waals surface area contributed by atoms with Crippen LogP contribution in [-0.2, 0) is 4.79 Å². The van der Waals surface area contributed by atoms with Gasteiger partial charge >= 0.3 is 6.09 Å². The summed E-state index contributed by atoms with van der Waals surface area (Å²) in [6.45, 7) is 2.58. The number of hydrogen-bond acceptors (Lipinski definition) is 10. The number of amides is 2. The second-order valence-electron chi connectivity index (χ2n) is 9.39. The van der Waals surface area contributed by atoms with Gasteiger partial charge < -0.3 is 30.3 Å². The fourth-order valence-electron chi connectivity index (χ4n) is 4.77. The number of carbonyl (C=O) groups excluding carboxylic acids is 1. The van der Waals surface area contributed by atoms with Gasteiger partial charge in [-0.25, -0.2) is 19.3 Å². The normalized spacial score (nSPS) is 14.0. The Labute approximate surface area is 243 Å². The number of hydrogen-bond donors (Lipinski definition) is 3. The molecule has 1 unspecified atom stereocenters. The average molecular weight is 596 g/mol. The number of methoxy groups -OCH3 is 1. The predicted molar refractivity (Wildman–Crippen MR) is 154 cm³/mol. The largest absolute Gasteiger partial charge is 0.494 e. The number of nitro groups is 1. The van der Waals surface area contributed by atoms with Crippen LogP contribution in [0.4, 0.5) is 27.8 Å². The highest BCUT2D eigenvalue weighted by molar-refractivity contribution is 6.33. The number of carbonyl (C=O) groups is 2. The van der Waals surface area contributed by atoms with Crippen molar-refractivity contribution < 1.29 is 24.4 Å². The molecule has 42 heavy (non-hydrogen) atoms. The van der Waals surface area contributed by atoms with Crippen LogP contribution in [0.25, 0.3) is 16.8 Å². The lowest BCUT2D eigenvalue weighted by molar-refractivity contribution is -0.384. The SMILES string of the molecule is COc1cc(N2CCN(C(=O)C(C)NC(=O)O)CC2)c([N+](=O)[O-])cc1Nc1ncc(Cl)c(-c2cnn3ccccc23)n1. The highest BCUT2D eigenvalue weighted by Gasteiger charge is 2.30. The molecule has 0 bridgehead atoms. The van der Waals surface area contributed by atoms with E-state index in [1.165, 1.54) is 31.2 Å². The molecule has 0 saturated carbocycles. The number of nitrogens with one attached hydrogen (secondary N) is 2. The van der Waals surface area contributed by atoms with Gasteiger partial charge in [0.15, 0.2) is 0 Å². The Morgan fingerprint density at radius 1 is 1.19 bits per heavy atom. The number of halogens is 1. The van der Waals surface area contributed by atoms with E-state index >= 15 is 0 Å². The van der Waals surface area contributed by atoms with Crippen molar-refractivity contribution in [1.82, 2.24) is 29.8 Å². The molecule has 1 fully saturated rings. The summed E-state index contributed by atoms with van der Waals surface area (Å²) in [4.78, 5) is 47.2. The highest BCUT2D eigenvalue weighted by Crippen LogP contribution is 2.40. The maximum atomic E-state index is 12.6.